The summed E-state index contributed by atoms with van der Waals surface area (Å²) in [5.74, 6) is 0.389. The largest absolute Gasteiger partial charge is 0.497 e. The molecule has 2 aromatic rings. The van der Waals surface area contributed by atoms with E-state index in [2.05, 4.69) is 9.97 Å². The van der Waals surface area contributed by atoms with Crippen molar-refractivity contribution in [2.24, 2.45) is 0 Å². The topological polar surface area (TPSA) is 44.2 Å². The van der Waals surface area contributed by atoms with Gasteiger partial charge in [-0.2, -0.15) is 4.39 Å². The molecule has 0 fully saturated rings. The second-order valence-electron chi connectivity index (χ2n) is 3.32. The first-order chi connectivity index (χ1) is 8.28. The van der Waals surface area contributed by atoms with E-state index in [9.17, 15) is 4.39 Å². The molecule has 0 aliphatic carbocycles. The van der Waals surface area contributed by atoms with Gasteiger partial charge >= 0.3 is 0 Å². The predicted molar refractivity (Wildman–Crippen MR) is 59.3 cm³/mol. The summed E-state index contributed by atoms with van der Waals surface area (Å²) in [6.07, 6.45) is 1.12. The lowest BCUT2D eigenvalue weighted by molar-refractivity contribution is 0.290. The van der Waals surface area contributed by atoms with Gasteiger partial charge in [-0.3, -0.25) is 0 Å². The lowest BCUT2D eigenvalue weighted by atomic mass is 10.2. The van der Waals surface area contributed by atoms with Crippen LogP contribution in [0.1, 0.15) is 5.56 Å². The Morgan fingerprint density at radius 1 is 1.18 bits per heavy atom. The maximum Gasteiger partial charge on any atom is 0.219 e. The summed E-state index contributed by atoms with van der Waals surface area (Å²) >= 11 is 0. The van der Waals surface area contributed by atoms with Gasteiger partial charge in [0.1, 0.15) is 18.7 Å². The van der Waals surface area contributed by atoms with Gasteiger partial charge in [0.25, 0.3) is 0 Å². The number of hydrogen-bond acceptors (Lipinski definition) is 4. The number of nitrogens with zero attached hydrogens (tertiary/aromatic N) is 2. The first kappa shape index (κ1) is 11.3. The van der Waals surface area contributed by atoms with Crippen molar-refractivity contribution in [3.05, 3.63) is 48.2 Å². The summed E-state index contributed by atoms with van der Waals surface area (Å²) in [5, 5.41) is 0. The molecule has 4 nitrogen and oxygen atoms in total. The molecule has 0 bridgehead atoms. The van der Waals surface area contributed by atoms with Crippen LogP contribution in [0.5, 0.6) is 11.6 Å². The molecule has 0 N–H and O–H groups in total. The van der Waals surface area contributed by atoms with Crippen molar-refractivity contribution in [1.29, 1.82) is 0 Å². The zero-order valence-corrected chi connectivity index (χ0v) is 9.26. The molecule has 0 saturated carbocycles. The van der Waals surface area contributed by atoms with Crippen molar-refractivity contribution in [1.82, 2.24) is 9.97 Å². The second-order valence-corrected chi connectivity index (χ2v) is 3.32. The van der Waals surface area contributed by atoms with Crippen molar-refractivity contribution < 1.29 is 13.9 Å². The van der Waals surface area contributed by atoms with Crippen LogP contribution in [0.4, 0.5) is 4.39 Å². The van der Waals surface area contributed by atoms with Crippen LogP contribution in [0, 0.1) is 5.95 Å². The summed E-state index contributed by atoms with van der Waals surface area (Å²) in [6, 6.07) is 8.55. The maximum absolute atomic E-state index is 12.7. The third-order valence-electron chi connectivity index (χ3n) is 2.15. The first-order valence-corrected chi connectivity index (χ1v) is 5.01. The molecule has 1 aromatic carbocycles. The molecular weight excluding hydrogens is 223 g/mol. The van der Waals surface area contributed by atoms with Crippen LogP contribution in [-0.2, 0) is 6.61 Å². The van der Waals surface area contributed by atoms with E-state index in [1.807, 2.05) is 24.3 Å². The van der Waals surface area contributed by atoms with Crippen molar-refractivity contribution in [3.63, 3.8) is 0 Å². The summed E-state index contributed by atoms with van der Waals surface area (Å²) < 4.78 is 23.1. The monoisotopic (exact) mass is 234 g/mol. The van der Waals surface area contributed by atoms with E-state index in [4.69, 9.17) is 9.47 Å². The molecule has 2 rings (SSSR count). The highest BCUT2D eigenvalue weighted by atomic mass is 19.1. The molecule has 0 amide bonds. The van der Waals surface area contributed by atoms with Crippen LogP contribution < -0.4 is 9.47 Å². The summed E-state index contributed by atoms with van der Waals surface area (Å²) in [4.78, 5) is 7.13. The van der Waals surface area contributed by atoms with E-state index in [0.717, 1.165) is 23.7 Å². The zero-order valence-electron chi connectivity index (χ0n) is 9.26. The Morgan fingerprint density at radius 2 is 1.94 bits per heavy atom. The van der Waals surface area contributed by atoms with E-state index in [0.29, 0.717) is 6.61 Å². The van der Waals surface area contributed by atoms with Crippen LogP contribution in [0.3, 0.4) is 0 Å². The number of ether oxygens (including phenoxy) is 2. The van der Waals surface area contributed by atoms with Crippen molar-refractivity contribution in [2.75, 3.05) is 7.11 Å². The third kappa shape index (κ3) is 3.14. The van der Waals surface area contributed by atoms with Crippen LogP contribution in [0.25, 0.3) is 0 Å². The third-order valence-corrected chi connectivity index (χ3v) is 2.15. The fourth-order valence-corrected chi connectivity index (χ4v) is 1.28. The SMILES string of the molecule is COc1ccc(COc2cc(F)ncn2)cc1. The molecule has 0 aliphatic rings. The predicted octanol–water partition coefficient (Wildman–Crippen LogP) is 2.20. The average molecular weight is 234 g/mol. The molecule has 0 aliphatic heterocycles. The van der Waals surface area contributed by atoms with E-state index in [-0.39, 0.29) is 5.88 Å². The standard InChI is InChI=1S/C12H11FN2O2/c1-16-10-4-2-9(3-5-10)7-17-12-6-11(13)14-8-15-12/h2-6,8H,7H2,1H3. The molecule has 0 spiro atoms. The Morgan fingerprint density at radius 3 is 2.59 bits per heavy atom. The molecule has 0 saturated heterocycles. The molecule has 1 heterocycles. The smallest absolute Gasteiger partial charge is 0.219 e. The molecular formula is C12H11FN2O2. The van der Waals surface area contributed by atoms with Gasteiger partial charge in [-0.05, 0) is 17.7 Å². The Bertz CT molecular complexity index is 488. The van der Waals surface area contributed by atoms with Crippen LogP contribution in [0.2, 0.25) is 0 Å². The highest BCUT2D eigenvalue weighted by Gasteiger charge is 2.00. The van der Waals surface area contributed by atoms with Crippen LogP contribution in [-0.4, -0.2) is 17.1 Å². The molecule has 0 atom stereocenters. The quantitative estimate of drug-likeness (QED) is 0.761. The van der Waals surface area contributed by atoms with Crippen LogP contribution in [0.15, 0.2) is 36.7 Å². The van der Waals surface area contributed by atoms with Gasteiger partial charge in [-0.15, -0.1) is 0 Å². The molecule has 1 aromatic heterocycles. The number of halogens is 1. The first-order valence-electron chi connectivity index (χ1n) is 5.01. The van der Waals surface area contributed by atoms with Gasteiger partial charge < -0.3 is 9.47 Å². The van der Waals surface area contributed by atoms with Gasteiger partial charge in [0.2, 0.25) is 11.8 Å². The lowest BCUT2D eigenvalue weighted by Gasteiger charge is -2.05. The molecule has 88 valence electrons. The van der Waals surface area contributed by atoms with Gasteiger partial charge in [0, 0.05) is 0 Å². The minimum atomic E-state index is -0.607. The normalized spacial score (nSPS) is 10.0. The van der Waals surface area contributed by atoms with Crippen molar-refractivity contribution in [3.8, 4) is 11.6 Å². The molecule has 0 radical (unpaired) electrons. The zero-order chi connectivity index (χ0) is 12.1. The van der Waals surface area contributed by atoms with E-state index >= 15 is 0 Å². The van der Waals surface area contributed by atoms with Gasteiger partial charge in [0.05, 0.1) is 13.2 Å². The number of aromatic nitrogens is 2. The minimum absolute atomic E-state index is 0.216. The number of hydrogen-bond donors (Lipinski definition) is 0. The molecule has 0 unspecified atom stereocenters. The number of methoxy groups -OCH3 is 1. The fraction of sp³-hybridized carbons (Fsp3) is 0.167. The Hall–Kier alpha value is -2.17. The Balaban J connectivity index is 1.97. The fourth-order valence-electron chi connectivity index (χ4n) is 1.28. The maximum atomic E-state index is 12.7. The lowest BCUT2D eigenvalue weighted by Crippen LogP contribution is -1.98. The van der Waals surface area contributed by atoms with Gasteiger partial charge in [0.15, 0.2) is 0 Å². The van der Waals surface area contributed by atoms with Gasteiger partial charge in [-0.25, -0.2) is 9.97 Å². The van der Waals surface area contributed by atoms with Crippen molar-refractivity contribution in [2.45, 2.75) is 6.61 Å². The molecule has 17 heavy (non-hydrogen) atoms. The van der Waals surface area contributed by atoms with E-state index in [1.165, 1.54) is 0 Å². The summed E-state index contributed by atoms with van der Waals surface area (Å²) in [6.45, 7) is 0.320. The molecule has 5 heteroatoms. The van der Waals surface area contributed by atoms with Crippen molar-refractivity contribution >= 4 is 0 Å². The highest BCUT2D eigenvalue weighted by Crippen LogP contribution is 2.13. The number of rotatable bonds is 4. The Kier molecular flexibility index (Phi) is 3.49. The Labute approximate surface area is 98.1 Å². The minimum Gasteiger partial charge on any atom is -0.497 e. The number of benzene rings is 1. The second kappa shape index (κ2) is 5.25. The summed E-state index contributed by atoms with van der Waals surface area (Å²) in [5.41, 5.74) is 0.949. The highest BCUT2D eigenvalue weighted by molar-refractivity contribution is 5.27. The van der Waals surface area contributed by atoms with E-state index in [1.54, 1.807) is 7.11 Å². The van der Waals surface area contributed by atoms with E-state index < -0.39 is 5.95 Å². The summed E-state index contributed by atoms with van der Waals surface area (Å²) in [7, 11) is 1.61. The van der Waals surface area contributed by atoms with Gasteiger partial charge in [-0.1, -0.05) is 12.1 Å². The average Bonchev–Trinajstić information content (AvgIpc) is 2.37. The van der Waals surface area contributed by atoms with Crippen LogP contribution >= 0.6 is 0 Å².